The van der Waals surface area contributed by atoms with Crippen molar-refractivity contribution in [1.29, 1.82) is 0 Å². The highest BCUT2D eigenvalue weighted by atomic mass is 32.2. The van der Waals surface area contributed by atoms with E-state index >= 15 is 0 Å². The van der Waals surface area contributed by atoms with Crippen LogP contribution < -0.4 is 10.3 Å². The predicted molar refractivity (Wildman–Crippen MR) is 80.2 cm³/mol. The molecule has 0 atom stereocenters. The van der Waals surface area contributed by atoms with Crippen LogP contribution in [0.4, 0.5) is 0 Å². The molecule has 0 radical (unpaired) electrons. The molecular formula is C14H17N3O3S. The van der Waals surface area contributed by atoms with E-state index < -0.39 is 10.0 Å². The van der Waals surface area contributed by atoms with E-state index in [0.29, 0.717) is 22.4 Å². The lowest BCUT2D eigenvalue weighted by molar-refractivity contribution is 0.579. The van der Waals surface area contributed by atoms with Gasteiger partial charge in [0.1, 0.15) is 0 Å². The summed E-state index contributed by atoms with van der Waals surface area (Å²) in [6, 6.07) is 8.88. The molecule has 0 unspecified atom stereocenters. The van der Waals surface area contributed by atoms with Crippen molar-refractivity contribution in [2.45, 2.75) is 26.1 Å². The second-order valence-corrected chi connectivity index (χ2v) is 6.61. The molecule has 0 aliphatic carbocycles. The summed E-state index contributed by atoms with van der Waals surface area (Å²) in [5.74, 6) is -0.116. The third-order valence-corrected chi connectivity index (χ3v) is 4.56. The van der Waals surface area contributed by atoms with Gasteiger partial charge in [0.15, 0.2) is 0 Å². The minimum absolute atomic E-state index is 0.0420. The standard InChI is InChI=1S/C14H17N3O3S/c1-10-11(2)16-17-14(18)13(10)8-15-21(19,20)9-12-6-4-3-5-7-12/h3-7,15H,8-9H2,1-2H3,(H,17,18). The van der Waals surface area contributed by atoms with Gasteiger partial charge < -0.3 is 0 Å². The molecule has 0 amide bonds. The van der Waals surface area contributed by atoms with Gasteiger partial charge in [0.05, 0.1) is 11.4 Å². The average Bonchev–Trinajstić information content (AvgIpc) is 2.43. The molecule has 1 aromatic heterocycles. The van der Waals surface area contributed by atoms with Gasteiger partial charge in [-0.05, 0) is 25.0 Å². The van der Waals surface area contributed by atoms with Gasteiger partial charge in [-0.15, -0.1) is 0 Å². The van der Waals surface area contributed by atoms with Crippen LogP contribution in [0.1, 0.15) is 22.4 Å². The number of aromatic amines is 1. The van der Waals surface area contributed by atoms with Crippen molar-refractivity contribution >= 4 is 10.0 Å². The van der Waals surface area contributed by atoms with E-state index in [2.05, 4.69) is 14.9 Å². The molecule has 2 rings (SSSR count). The van der Waals surface area contributed by atoms with Crippen molar-refractivity contribution in [3.05, 3.63) is 63.1 Å². The van der Waals surface area contributed by atoms with E-state index in [1.807, 2.05) is 6.07 Å². The van der Waals surface area contributed by atoms with E-state index in [-0.39, 0.29) is 17.9 Å². The molecule has 2 aromatic rings. The molecule has 0 bridgehead atoms. The van der Waals surface area contributed by atoms with E-state index in [9.17, 15) is 13.2 Å². The van der Waals surface area contributed by atoms with Gasteiger partial charge in [0.25, 0.3) is 5.56 Å². The minimum Gasteiger partial charge on any atom is -0.268 e. The van der Waals surface area contributed by atoms with Crippen LogP contribution in [0, 0.1) is 13.8 Å². The van der Waals surface area contributed by atoms with Crippen LogP contribution in [-0.4, -0.2) is 18.6 Å². The Morgan fingerprint density at radius 2 is 1.86 bits per heavy atom. The van der Waals surface area contributed by atoms with Crippen LogP contribution >= 0.6 is 0 Å². The molecule has 21 heavy (non-hydrogen) atoms. The number of hydrogen-bond acceptors (Lipinski definition) is 4. The summed E-state index contributed by atoms with van der Waals surface area (Å²) >= 11 is 0. The molecule has 0 fully saturated rings. The fourth-order valence-corrected chi connectivity index (χ4v) is 3.01. The Hall–Kier alpha value is -1.99. The van der Waals surface area contributed by atoms with Crippen molar-refractivity contribution in [2.75, 3.05) is 0 Å². The number of sulfonamides is 1. The molecular weight excluding hydrogens is 290 g/mol. The minimum atomic E-state index is -3.50. The van der Waals surface area contributed by atoms with Gasteiger partial charge in [-0.25, -0.2) is 18.2 Å². The van der Waals surface area contributed by atoms with E-state index in [0.717, 1.165) is 0 Å². The normalized spacial score (nSPS) is 11.5. The number of H-pyrrole nitrogens is 1. The van der Waals surface area contributed by atoms with Gasteiger partial charge in [0.2, 0.25) is 10.0 Å². The Kier molecular flexibility index (Phi) is 4.54. The first kappa shape index (κ1) is 15.4. The molecule has 2 N–H and O–H groups in total. The van der Waals surface area contributed by atoms with Crippen molar-refractivity contribution < 1.29 is 8.42 Å². The maximum Gasteiger partial charge on any atom is 0.268 e. The summed E-state index contributed by atoms with van der Waals surface area (Å²) in [6.45, 7) is 3.46. The zero-order valence-corrected chi connectivity index (χ0v) is 12.7. The SMILES string of the molecule is Cc1n[nH]c(=O)c(CNS(=O)(=O)Cc2ccccc2)c1C. The lowest BCUT2D eigenvalue weighted by Crippen LogP contribution is -2.29. The molecule has 1 heterocycles. The highest BCUT2D eigenvalue weighted by Crippen LogP contribution is 2.07. The second kappa shape index (κ2) is 6.19. The summed E-state index contributed by atoms with van der Waals surface area (Å²) in [4.78, 5) is 11.7. The zero-order chi connectivity index (χ0) is 15.5. The van der Waals surface area contributed by atoms with Gasteiger partial charge in [-0.1, -0.05) is 30.3 Å². The molecule has 0 aliphatic rings. The highest BCUT2D eigenvalue weighted by molar-refractivity contribution is 7.88. The van der Waals surface area contributed by atoms with E-state index in [1.54, 1.807) is 38.1 Å². The molecule has 0 aliphatic heterocycles. The summed E-state index contributed by atoms with van der Waals surface area (Å²) < 4.78 is 26.5. The van der Waals surface area contributed by atoms with Crippen LogP contribution in [0.25, 0.3) is 0 Å². The number of aryl methyl sites for hydroxylation is 1. The molecule has 112 valence electrons. The fourth-order valence-electron chi connectivity index (χ4n) is 1.91. The van der Waals surface area contributed by atoms with E-state index in [4.69, 9.17) is 0 Å². The summed E-state index contributed by atoms with van der Waals surface area (Å²) in [5, 5.41) is 6.19. The monoisotopic (exact) mass is 307 g/mol. The first-order valence-corrected chi connectivity index (χ1v) is 8.10. The number of aromatic nitrogens is 2. The van der Waals surface area contributed by atoms with Crippen LogP contribution in [0.15, 0.2) is 35.1 Å². The van der Waals surface area contributed by atoms with E-state index in [1.165, 1.54) is 0 Å². The van der Waals surface area contributed by atoms with Gasteiger partial charge in [-0.2, -0.15) is 5.10 Å². The smallest absolute Gasteiger partial charge is 0.268 e. The third-order valence-electron chi connectivity index (χ3n) is 3.26. The molecule has 0 spiro atoms. The lowest BCUT2D eigenvalue weighted by atomic mass is 10.1. The molecule has 0 saturated heterocycles. The number of benzene rings is 1. The van der Waals surface area contributed by atoms with Crippen molar-refractivity contribution in [3.63, 3.8) is 0 Å². The fraction of sp³-hybridized carbons (Fsp3) is 0.286. The summed E-state index contributed by atoms with van der Waals surface area (Å²) in [5.41, 5.74) is 2.08. The molecule has 7 heteroatoms. The van der Waals surface area contributed by atoms with Crippen molar-refractivity contribution in [3.8, 4) is 0 Å². The van der Waals surface area contributed by atoms with Gasteiger partial charge >= 0.3 is 0 Å². The Bertz CT molecular complexity index is 783. The predicted octanol–water partition coefficient (Wildman–Crippen LogP) is 1.01. The number of rotatable bonds is 5. The Labute approximate surface area is 123 Å². The maximum absolute atomic E-state index is 12.0. The average molecular weight is 307 g/mol. The van der Waals surface area contributed by atoms with Crippen LogP contribution in [0.5, 0.6) is 0 Å². The van der Waals surface area contributed by atoms with Gasteiger partial charge in [-0.3, -0.25) is 4.79 Å². The first-order chi connectivity index (χ1) is 9.89. The Morgan fingerprint density at radius 3 is 2.52 bits per heavy atom. The quantitative estimate of drug-likeness (QED) is 0.862. The zero-order valence-electron chi connectivity index (χ0n) is 11.9. The van der Waals surface area contributed by atoms with Crippen LogP contribution in [-0.2, 0) is 22.3 Å². The maximum atomic E-state index is 12.0. The second-order valence-electron chi connectivity index (χ2n) is 4.81. The number of nitrogens with one attached hydrogen (secondary N) is 2. The Balaban J connectivity index is 2.13. The largest absolute Gasteiger partial charge is 0.268 e. The van der Waals surface area contributed by atoms with Crippen LogP contribution in [0.2, 0.25) is 0 Å². The number of hydrogen-bond donors (Lipinski definition) is 2. The van der Waals surface area contributed by atoms with Crippen LogP contribution in [0.3, 0.4) is 0 Å². The highest BCUT2D eigenvalue weighted by Gasteiger charge is 2.14. The topological polar surface area (TPSA) is 91.9 Å². The van der Waals surface area contributed by atoms with Crippen molar-refractivity contribution in [1.82, 2.24) is 14.9 Å². The Morgan fingerprint density at radius 1 is 1.19 bits per heavy atom. The summed E-state index contributed by atoms with van der Waals surface area (Å²) in [7, 11) is -3.50. The first-order valence-electron chi connectivity index (χ1n) is 6.45. The lowest BCUT2D eigenvalue weighted by Gasteiger charge is -2.09. The summed E-state index contributed by atoms with van der Waals surface area (Å²) in [6.07, 6.45) is 0. The number of nitrogens with zero attached hydrogens (tertiary/aromatic N) is 1. The molecule has 0 saturated carbocycles. The van der Waals surface area contributed by atoms with Crippen molar-refractivity contribution in [2.24, 2.45) is 0 Å². The third kappa shape index (κ3) is 3.99. The van der Waals surface area contributed by atoms with Gasteiger partial charge in [0, 0.05) is 12.1 Å². The molecule has 1 aromatic carbocycles. The molecule has 6 nitrogen and oxygen atoms in total.